The van der Waals surface area contributed by atoms with Crippen LogP contribution in [0.15, 0.2) is 54.7 Å². The molecule has 0 aliphatic carbocycles. The van der Waals surface area contributed by atoms with E-state index in [1.54, 1.807) is 0 Å². The lowest BCUT2D eigenvalue weighted by molar-refractivity contribution is 0.757. The minimum absolute atomic E-state index is 0.854. The van der Waals surface area contributed by atoms with Crippen molar-refractivity contribution in [3.8, 4) is 0 Å². The maximum absolute atomic E-state index is 4.27. The van der Waals surface area contributed by atoms with Gasteiger partial charge >= 0.3 is 0 Å². The first-order valence-corrected chi connectivity index (χ1v) is 6.18. The van der Waals surface area contributed by atoms with E-state index in [1.165, 1.54) is 11.1 Å². The van der Waals surface area contributed by atoms with Gasteiger partial charge in [0.25, 0.3) is 0 Å². The van der Waals surface area contributed by atoms with Crippen molar-refractivity contribution >= 4 is 6.08 Å². The highest BCUT2D eigenvalue weighted by Crippen LogP contribution is 2.01. The quantitative estimate of drug-likeness (QED) is 0.809. The highest BCUT2D eigenvalue weighted by Gasteiger charge is 1.91. The first-order chi connectivity index (χ1) is 8.84. The van der Waals surface area contributed by atoms with E-state index < -0.39 is 0 Å². The molecule has 0 aliphatic rings. The number of rotatable bonds is 5. The molecule has 0 unspecified atom stereocenters. The van der Waals surface area contributed by atoms with Crippen LogP contribution in [0.2, 0.25) is 0 Å². The van der Waals surface area contributed by atoms with Crippen molar-refractivity contribution in [2.45, 2.75) is 13.5 Å². The Morgan fingerprint density at radius 1 is 1.11 bits per heavy atom. The van der Waals surface area contributed by atoms with Crippen LogP contribution in [0.5, 0.6) is 0 Å². The third-order valence-corrected chi connectivity index (χ3v) is 2.67. The zero-order chi connectivity index (χ0) is 12.6. The Kier molecular flexibility index (Phi) is 4.68. The summed E-state index contributed by atoms with van der Waals surface area (Å²) in [5.74, 6) is 0. The maximum Gasteiger partial charge on any atom is 0.0372 e. The van der Waals surface area contributed by atoms with Crippen LogP contribution in [0.4, 0.5) is 0 Å². The van der Waals surface area contributed by atoms with Gasteiger partial charge in [-0.25, -0.2) is 0 Å². The van der Waals surface area contributed by atoms with Crippen LogP contribution in [0, 0.1) is 6.92 Å². The molecule has 18 heavy (non-hydrogen) atoms. The lowest BCUT2D eigenvalue weighted by Crippen LogP contribution is -2.12. The number of nitrogens with zero attached hydrogens (tertiary/aromatic N) is 1. The average molecular weight is 238 g/mol. The molecular formula is C16H18N2. The zero-order valence-electron chi connectivity index (χ0n) is 10.6. The Labute approximate surface area is 108 Å². The van der Waals surface area contributed by atoms with Gasteiger partial charge in [-0.1, -0.05) is 48.6 Å². The van der Waals surface area contributed by atoms with E-state index in [9.17, 15) is 0 Å². The van der Waals surface area contributed by atoms with Crippen molar-refractivity contribution in [2.75, 3.05) is 6.54 Å². The number of aryl methyl sites for hydroxylation is 1. The van der Waals surface area contributed by atoms with Crippen LogP contribution in [0.25, 0.3) is 6.08 Å². The molecule has 0 spiro atoms. The van der Waals surface area contributed by atoms with Gasteiger partial charge in [-0.3, -0.25) is 4.98 Å². The largest absolute Gasteiger partial charge is 0.309 e. The van der Waals surface area contributed by atoms with Gasteiger partial charge in [-0.15, -0.1) is 0 Å². The molecule has 0 aliphatic heterocycles. The molecule has 2 aromatic rings. The molecule has 0 saturated carbocycles. The summed E-state index contributed by atoms with van der Waals surface area (Å²) >= 11 is 0. The van der Waals surface area contributed by atoms with Crippen LogP contribution in [-0.4, -0.2) is 11.5 Å². The minimum atomic E-state index is 0.854. The van der Waals surface area contributed by atoms with E-state index in [0.29, 0.717) is 0 Å². The standard InChI is InChI=1S/C16H18N2/c1-14-9-10-16(13-18-14)12-17-11-5-8-15-6-3-2-4-7-15/h2-10,13,17H,11-12H2,1H3. The number of aromatic nitrogens is 1. The van der Waals surface area contributed by atoms with Gasteiger partial charge in [0.15, 0.2) is 0 Å². The fourth-order valence-corrected chi connectivity index (χ4v) is 1.66. The fraction of sp³-hybridized carbons (Fsp3) is 0.188. The SMILES string of the molecule is Cc1ccc(CNCC=Cc2ccccc2)cn1. The molecule has 92 valence electrons. The summed E-state index contributed by atoms with van der Waals surface area (Å²) in [6.07, 6.45) is 6.18. The second kappa shape index (κ2) is 6.72. The summed E-state index contributed by atoms with van der Waals surface area (Å²) in [4.78, 5) is 4.27. The number of hydrogen-bond acceptors (Lipinski definition) is 2. The Morgan fingerprint density at radius 3 is 2.67 bits per heavy atom. The molecule has 2 heteroatoms. The normalized spacial score (nSPS) is 10.9. The second-order valence-electron chi connectivity index (χ2n) is 4.25. The summed E-state index contributed by atoms with van der Waals surface area (Å²) in [6, 6.07) is 14.5. The molecule has 2 rings (SSSR count). The molecule has 0 saturated heterocycles. The van der Waals surface area contributed by atoms with Crippen LogP contribution in [0.1, 0.15) is 16.8 Å². The average Bonchev–Trinajstić information content (AvgIpc) is 2.42. The third-order valence-electron chi connectivity index (χ3n) is 2.67. The highest BCUT2D eigenvalue weighted by atomic mass is 14.8. The Balaban J connectivity index is 1.73. The molecule has 0 fully saturated rings. The number of benzene rings is 1. The van der Waals surface area contributed by atoms with Crippen molar-refractivity contribution in [3.05, 3.63) is 71.6 Å². The van der Waals surface area contributed by atoms with Gasteiger partial charge in [0, 0.05) is 25.0 Å². The van der Waals surface area contributed by atoms with Crippen LogP contribution in [-0.2, 0) is 6.54 Å². The van der Waals surface area contributed by atoms with Gasteiger partial charge in [-0.2, -0.15) is 0 Å². The van der Waals surface area contributed by atoms with E-state index in [0.717, 1.165) is 18.8 Å². The van der Waals surface area contributed by atoms with Gasteiger partial charge in [0.2, 0.25) is 0 Å². The molecular weight excluding hydrogens is 220 g/mol. The van der Waals surface area contributed by atoms with E-state index in [1.807, 2.05) is 37.4 Å². The van der Waals surface area contributed by atoms with Crippen molar-refractivity contribution in [3.63, 3.8) is 0 Å². The number of nitrogens with one attached hydrogen (secondary N) is 1. The summed E-state index contributed by atoms with van der Waals surface area (Å²) in [5.41, 5.74) is 3.51. The monoisotopic (exact) mass is 238 g/mol. The first kappa shape index (κ1) is 12.5. The summed E-state index contributed by atoms with van der Waals surface area (Å²) < 4.78 is 0. The first-order valence-electron chi connectivity index (χ1n) is 6.18. The van der Waals surface area contributed by atoms with Gasteiger partial charge in [-0.05, 0) is 24.1 Å². The molecule has 0 atom stereocenters. The van der Waals surface area contributed by atoms with Crippen LogP contribution in [0.3, 0.4) is 0 Å². The highest BCUT2D eigenvalue weighted by molar-refractivity contribution is 5.48. The zero-order valence-corrected chi connectivity index (χ0v) is 10.6. The fourth-order valence-electron chi connectivity index (χ4n) is 1.66. The maximum atomic E-state index is 4.27. The van der Waals surface area contributed by atoms with E-state index in [4.69, 9.17) is 0 Å². The third kappa shape index (κ3) is 4.15. The predicted molar refractivity (Wildman–Crippen MR) is 76.2 cm³/mol. The molecule has 0 amide bonds. The van der Waals surface area contributed by atoms with Crippen LogP contribution < -0.4 is 5.32 Å². The molecule has 1 aromatic heterocycles. The minimum Gasteiger partial charge on any atom is -0.309 e. The van der Waals surface area contributed by atoms with E-state index in [2.05, 4.69) is 40.7 Å². The smallest absolute Gasteiger partial charge is 0.0372 e. The van der Waals surface area contributed by atoms with Crippen LogP contribution >= 0.6 is 0 Å². The summed E-state index contributed by atoms with van der Waals surface area (Å²) in [6.45, 7) is 3.72. The topological polar surface area (TPSA) is 24.9 Å². The number of pyridine rings is 1. The van der Waals surface area contributed by atoms with Gasteiger partial charge in [0.05, 0.1) is 0 Å². The predicted octanol–water partition coefficient (Wildman–Crippen LogP) is 3.19. The van der Waals surface area contributed by atoms with Gasteiger partial charge < -0.3 is 5.32 Å². The Bertz CT molecular complexity index is 486. The van der Waals surface area contributed by atoms with Crippen molar-refractivity contribution in [1.82, 2.24) is 10.3 Å². The molecule has 1 heterocycles. The molecule has 0 radical (unpaired) electrons. The molecule has 0 bridgehead atoms. The lowest BCUT2D eigenvalue weighted by Gasteiger charge is -2.01. The van der Waals surface area contributed by atoms with Crippen molar-refractivity contribution < 1.29 is 0 Å². The molecule has 1 N–H and O–H groups in total. The Hall–Kier alpha value is -1.93. The summed E-state index contributed by atoms with van der Waals surface area (Å²) in [5, 5.41) is 3.36. The van der Waals surface area contributed by atoms with E-state index >= 15 is 0 Å². The van der Waals surface area contributed by atoms with Crippen molar-refractivity contribution in [1.29, 1.82) is 0 Å². The molecule has 2 nitrogen and oxygen atoms in total. The Morgan fingerprint density at radius 2 is 1.94 bits per heavy atom. The summed E-state index contributed by atoms with van der Waals surface area (Å²) in [7, 11) is 0. The number of hydrogen-bond donors (Lipinski definition) is 1. The van der Waals surface area contributed by atoms with Crippen molar-refractivity contribution in [2.24, 2.45) is 0 Å². The molecule has 1 aromatic carbocycles. The lowest BCUT2D eigenvalue weighted by atomic mass is 10.2. The second-order valence-corrected chi connectivity index (χ2v) is 4.25. The van der Waals surface area contributed by atoms with Gasteiger partial charge in [0.1, 0.15) is 0 Å². The van der Waals surface area contributed by atoms with E-state index in [-0.39, 0.29) is 0 Å².